The van der Waals surface area contributed by atoms with Gasteiger partial charge in [-0.15, -0.1) is 0 Å². The summed E-state index contributed by atoms with van der Waals surface area (Å²) >= 11 is 6.23. The van der Waals surface area contributed by atoms with Crippen molar-refractivity contribution in [3.63, 3.8) is 0 Å². The minimum absolute atomic E-state index is 0.125. The van der Waals surface area contributed by atoms with Crippen molar-refractivity contribution in [2.24, 2.45) is 4.99 Å². The summed E-state index contributed by atoms with van der Waals surface area (Å²) in [5, 5.41) is 11.7. The van der Waals surface area contributed by atoms with Crippen LogP contribution in [-0.2, 0) is 4.79 Å². The Morgan fingerprint density at radius 1 is 1.19 bits per heavy atom. The van der Waals surface area contributed by atoms with Gasteiger partial charge in [0, 0.05) is 23.2 Å². The predicted molar refractivity (Wildman–Crippen MR) is 149 cm³/mol. The molecule has 0 saturated carbocycles. The molecule has 0 fully saturated rings. The van der Waals surface area contributed by atoms with Gasteiger partial charge in [0.05, 0.1) is 16.4 Å². The second kappa shape index (κ2) is 10.2. The minimum Gasteiger partial charge on any atom is -0.337 e. The Hall–Kier alpha value is -4.56. The number of fused-ring (bicyclic) bond motifs is 2. The Kier molecular flexibility index (Phi) is 6.66. The highest BCUT2D eigenvalue weighted by atomic mass is 35.5. The van der Waals surface area contributed by atoms with Crippen LogP contribution in [0, 0.1) is 0 Å². The van der Waals surface area contributed by atoms with Crippen LogP contribution in [0.25, 0.3) is 50.3 Å². The predicted octanol–water partition coefficient (Wildman–Crippen LogP) is 6.29. The van der Waals surface area contributed by atoms with Gasteiger partial charge in [-0.1, -0.05) is 48.9 Å². The van der Waals surface area contributed by atoms with E-state index in [4.69, 9.17) is 16.6 Å². The molecule has 5 aromatic rings. The molecular weight excluding hydrogens is 486 g/mol. The number of aromatic nitrogens is 5. The second-order valence-corrected chi connectivity index (χ2v) is 8.89. The Bertz CT molecular complexity index is 1710. The van der Waals surface area contributed by atoms with Crippen LogP contribution in [0.1, 0.15) is 25.8 Å². The van der Waals surface area contributed by atoms with Crippen LogP contribution < -0.4 is 5.32 Å². The van der Waals surface area contributed by atoms with Gasteiger partial charge in [0.2, 0.25) is 5.91 Å². The molecular formula is C28H24ClN7O. The van der Waals surface area contributed by atoms with Crippen LogP contribution in [0.4, 0.5) is 0 Å². The number of amides is 1. The maximum Gasteiger partial charge on any atom is 0.225 e. The van der Waals surface area contributed by atoms with E-state index in [2.05, 4.69) is 37.2 Å². The van der Waals surface area contributed by atoms with Gasteiger partial charge < -0.3 is 10.3 Å². The molecule has 2 aromatic carbocycles. The highest BCUT2D eigenvalue weighted by Crippen LogP contribution is 2.32. The number of aromatic amines is 2. The quantitative estimate of drug-likeness (QED) is 0.177. The van der Waals surface area contributed by atoms with Gasteiger partial charge in [-0.3, -0.25) is 9.89 Å². The number of halogens is 1. The van der Waals surface area contributed by atoms with E-state index in [0.717, 1.165) is 38.7 Å². The third kappa shape index (κ3) is 4.92. The minimum atomic E-state index is -0.125. The van der Waals surface area contributed by atoms with E-state index in [9.17, 15) is 4.79 Å². The number of rotatable bonds is 7. The van der Waals surface area contributed by atoms with Crippen molar-refractivity contribution >= 4 is 51.9 Å². The maximum atomic E-state index is 11.7. The first-order valence-electron chi connectivity index (χ1n) is 11.7. The lowest BCUT2D eigenvalue weighted by Crippen LogP contribution is -2.20. The van der Waals surface area contributed by atoms with Gasteiger partial charge in [-0.2, -0.15) is 5.10 Å². The van der Waals surface area contributed by atoms with Crippen molar-refractivity contribution < 1.29 is 4.79 Å². The second-order valence-electron chi connectivity index (χ2n) is 8.45. The van der Waals surface area contributed by atoms with E-state index in [-0.39, 0.29) is 5.91 Å². The Balaban J connectivity index is 1.53. The first kappa shape index (κ1) is 24.1. The van der Waals surface area contributed by atoms with Gasteiger partial charge in [-0.25, -0.2) is 15.0 Å². The number of imidazole rings is 1. The molecule has 0 radical (unpaired) electrons. The Morgan fingerprint density at radius 3 is 2.81 bits per heavy atom. The van der Waals surface area contributed by atoms with Crippen molar-refractivity contribution in [1.29, 1.82) is 0 Å². The third-order valence-corrected chi connectivity index (χ3v) is 6.23. The number of hydrogen-bond donors (Lipinski definition) is 3. The summed E-state index contributed by atoms with van der Waals surface area (Å²) in [7, 11) is 0. The molecule has 0 aliphatic rings. The topological polar surface area (TPSA) is 112 Å². The van der Waals surface area contributed by atoms with Gasteiger partial charge >= 0.3 is 0 Å². The molecule has 3 N–H and O–H groups in total. The van der Waals surface area contributed by atoms with Crippen LogP contribution in [0.15, 0.2) is 77.7 Å². The van der Waals surface area contributed by atoms with Crippen LogP contribution in [0.2, 0.25) is 5.02 Å². The number of para-hydroxylation sites is 1. The summed E-state index contributed by atoms with van der Waals surface area (Å²) < 4.78 is 0. The van der Waals surface area contributed by atoms with E-state index >= 15 is 0 Å². The van der Waals surface area contributed by atoms with Crippen LogP contribution in [0.3, 0.4) is 0 Å². The monoisotopic (exact) mass is 509 g/mol. The average molecular weight is 510 g/mol. The molecule has 5 rings (SSSR count). The number of pyridine rings is 1. The maximum absolute atomic E-state index is 11.7. The van der Waals surface area contributed by atoms with Crippen LogP contribution in [0.5, 0.6) is 0 Å². The van der Waals surface area contributed by atoms with Crippen LogP contribution >= 0.6 is 11.6 Å². The number of H-pyrrole nitrogens is 2. The van der Waals surface area contributed by atoms with E-state index < -0.39 is 0 Å². The summed E-state index contributed by atoms with van der Waals surface area (Å²) in [6.07, 6.45) is 5.71. The summed E-state index contributed by atoms with van der Waals surface area (Å²) in [5.41, 5.74) is 6.85. The number of hydrogen-bond acceptors (Lipinski definition) is 5. The number of benzene rings is 2. The lowest BCUT2D eigenvalue weighted by Gasteiger charge is -2.03. The summed E-state index contributed by atoms with van der Waals surface area (Å²) in [6, 6.07) is 15.7. The highest BCUT2D eigenvalue weighted by Gasteiger charge is 2.16. The number of allylic oxidation sites excluding steroid dienone is 3. The fourth-order valence-corrected chi connectivity index (χ4v) is 4.19. The molecule has 8 nitrogen and oxygen atoms in total. The molecule has 1 amide bonds. The average Bonchev–Trinajstić information content (AvgIpc) is 3.54. The molecule has 0 aliphatic carbocycles. The zero-order valence-corrected chi connectivity index (χ0v) is 21.1. The smallest absolute Gasteiger partial charge is 0.225 e. The van der Waals surface area contributed by atoms with Crippen molar-refractivity contribution in [1.82, 2.24) is 30.5 Å². The molecule has 0 saturated heterocycles. The largest absolute Gasteiger partial charge is 0.337 e. The Labute approximate surface area is 218 Å². The van der Waals surface area contributed by atoms with Crippen molar-refractivity contribution in [2.45, 2.75) is 20.3 Å². The third-order valence-electron chi connectivity index (χ3n) is 5.99. The van der Waals surface area contributed by atoms with E-state index in [1.54, 1.807) is 19.2 Å². The van der Waals surface area contributed by atoms with Gasteiger partial charge in [-0.05, 0) is 60.7 Å². The zero-order chi connectivity index (χ0) is 25.9. The van der Waals surface area contributed by atoms with E-state index in [0.29, 0.717) is 34.4 Å². The first-order chi connectivity index (χ1) is 18.0. The lowest BCUT2D eigenvalue weighted by atomic mass is 10.0. The number of carbonyl (C=O) groups excluding carboxylic acids is 1. The van der Waals surface area contributed by atoms with Gasteiger partial charge in [0.1, 0.15) is 11.5 Å². The zero-order valence-electron chi connectivity index (χ0n) is 20.3. The van der Waals surface area contributed by atoms with Gasteiger partial charge in [0.25, 0.3) is 0 Å². The summed E-state index contributed by atoms with van der Waals surface area (Å²) in [5.74, 6) is 0.902. The summed E-state index contributed by atoms with van der Waals surface area (Å²) in [6.45, 7) is 7.26. The molecule has 0 spiro atoms. The molecule has 0 unspecified atom stereocenters. The van der Waals surface area contributed by atoms with Crippen molar-refractivity contribution in [2.75, 3.05) is 0 Å². The lowest BCUT2D eigenvalue weighted by molar-refractivity contribution is -0.120. The molecule has 9 heteroatoms. The van der Waals surface area contributed by atoms with Crippen molar-refractivity contribution in [3.05, 3.63) is 83.3 Å². The first-order valence-corrected chi connectivity index (χ1v) is 12.1. The molecule has 37 heavy (non-hydrogen) atoms. The normalized spacial score (nSPS) is 12.3. The molecule has 0 aliphatic heterocycles. The number of carbonyl (C=O) groups is 1. The molecule has 184 valence electrons. The number of aliphatic imine (C=N–C) groups is 1. The fourth-order valence-electron chi connectivity index (χ4n) is 4.00. The van der Waals surface area contributed by atoms with Crippen molar-refractivity contribution in [3.8, 4) is 22.6 Å². The number of nitrogens with zero attached hydrogens (tertiary/aromatic N) is 4. The van der Waals surface area contributed by atoms with E-state index in [1.165, 1.54) is 0 Å². The Morgan fingerprint density at radius 2 is 2.03 bits per heavy atom. The standard InChI is InChI=1S/C28H24ClN7O/c1-4-24(37)33-23(30-3)12-11-16(2)18-14-21-26(35-36-27(21)31-15-18)28-32-22-10-6-9-20(25(22)34-28)17-7-5-8-19(29)13-17/h5-15H,3-4H2,1-2H3,(H,32,34)(H,33,37)(H,31,35,36)/b16-11+,23-12+. The van der Waals surface area contributed by atoms with E-state index in [1.807, 2.05) is 61.5 Å². The molecule has 0 bridgehead atoms. The summed E-state index contributed by atoms with van der Waals surface area (Å²) in [4.78, 5) is 28.4. The van der Waals surface area contributed by atoms with Crippen LogP contribution in [-0.4, -0.2) is 37.8 Å². The fraction of sp³-hybridized carbons (Fsp3) is 0.107. The van der Waals surface area contributed by atoms with Gasteiger partial charge in [0.15, 0.2) is 11.5 Å². The molecule has 0 atom stereocenters. The SMILES string of the molecule is C=N/C(=C\C=C(/C)c1cnc2[nH]nc(-c3nc4c(-c5cccc(Cl)c5)cccc4[nH]3)c2c1)NC(=O)CC. The number of nitrogens with one attached hydrogen (secondary N) is 3. The molecule has 3 aromatic heterocycles. The molecule has 3 heterocycles. The highest BCUT2D eigenvalue weighted by molar-refractivity contribution is 6.30.